The van der Waals surface area contributed by atoms with Gasteiger partial charge < -0.3 is 10.2 Å². The van der Waals surface area contributed by atoms with Gasteiger partial charge in [0.2, 0.25) is 0 Å². The van der Waals surface area contributed by atoms with Crippen LogP contribution in [0.2, 0.25) is 0 Å². The number of nitrogens with one attached hydrogen (secondary N) is 1. The molecule has 2 nitrogen and oxygen atoms in total. The highest BCUT2D eigenvalue weighted by molar-refractivity contribution is 9.10. The maximum atomic E-state index is 3.73. The van der Waals surface area contributed by atoms with Crippen molar-refractivity contribution in [3.63, 3.8) is 0 Å². The Balaban J connectivity index is 2.19. The van der Waals surface area contributed by atoms with Crippen LogP contribution in [0.4, 0.5) is 5.69 Å². The fraction of sp³-hybridized carbons (Fsp3) is 0.625. The van der Waals surface area contributed by atoms with Crippen LogP contribution in [-0.2, 0) is 0 Å². The highest BCUT2D eigenvalue weighted by Gasteiger charge is 2.26. The second kappa shape index (κ2) is 6.27. The van der Waals surface area contributed by atoms with Gasteiger partial charge in [-0.05, 0) is 50.4 Å². The van der Waals surface area contributed by atoms with Crippen molar-refractivity contribution >= 4 is 21.6 Å². The molecular weight excluding hydrogens is 300 g/mol. The third-order valence-corrected chi connectivity index (χ3v) is 4.76. The molecule has 1 N–H and O–H groups in total. The van der Waals surface area contributed by atoms with Crippen molar-refractivity contribution in [2.45, 2.75) is 46.2 Å². The molecule has 0 bridgehead atoms. The number of hydrogen-bond acceptors (Lipinski definition) is 2. The van der Waals surface area contributed by atoms with Gasteiger partial charge >= 0.3 is 0 Å². The Labute approximate surface area is 125 Å². The van der Waals surface area contributed by atoms with Crippen molar-refractivity contribution in [1.29, 1.82) is 0 Å². The molecule has 1 aromatic carbocycles. The van der Waals surface area contributed by atoms with Gasteiger partial charge in [-0.2, -0.15) is 0 Å². The lowest BCUT2D eigenvalue weighted by Gasteiger charge is -2.25. The SMILES string of the molecule is CCNC(C)c1ccc(N2CC(C)CC2C)cc1Br. The van der Waals surface area contributed by atoms with Crippen LogP contribution >= 0.6 is 15.9 Å². The van der Waals surface area contributed by atoms with Crippen LogP contribution in [0.5, 0.6) is 0 Å². The summed E-state index contributed by atoms with van der Waals surface area (Å²) in [4.78, 5) is 2.52. The molecule has 106 valence electrons. The van der Waals surface area contributed by atoms with E-state index >= 15 is 0 Å². The summed E-state index contributed by atoms with van der Waals surface area (Å²) in [6.45, 7) is 11.2. The van der Waals surface area contributed by atoms with Crippen molar-refractivity contribution in [3.8, 4) is 0 Å². The summed E-state index contributed by atoms with van der Waals surface area (Å²) in [5, 5.41) is 3.46. The van der Waals surface area contributed by atoms with Gasteiger partial charge in [0.1, 0.15) is 0 Å². The molecule has 1 aliphatic heterocycles. The monoisotopic (exact) mass is 324 g/mol. The molecule has 1 saturated heterocycles. The van der Waals surface area contributed by atoms with Crippen LogP contribution in [0, 0.1) is 5.92 Å². The average molecular weight is 325 g/mol. The molecule has 19 heavy (non-hydrogen) atoms. The van der Waals surface area contributed by atoms with Gasteiger partial charge in [-0.1, -0.05) is 35.8 Å². The van der Waals surface area contributed by atoms with Crippen molar-refractivity contribution in [2.24, 2.45) is 5.92 Å². The minimum absolute atomic E-state index is 0.392. The molecule has 0 aliphatic carbocycles. The van der Waals surface area contributed by atoms with Gasteiger partial charge in [0.25, 0.3) is 0 Å². The van der Waals surface area contributed by atoms with E-state index in [0.29, 0.717) is 12.1 Å². The molecule has 0 aromatic heterocycles. The van der Waals surface area contributed by atoms with E-state index in [1.807, 2.05) is 0 Å². The Morgan fingerprint density at radius 1 is 1.42 bits per heavy atom. The van der Waals surface area contributed by atoms with Crippen LogP contribution in [0.25, 0.3) is 0 Å². The van der Waals surface area contributed by atoms with Gasteiger partial charge in [-0.15, -0.1) is 0 Å². The molecule has 3 unspecified atom stereocenters. The number of anilines is 1. The zero-order chi connectivity index (χ0) is 14.0. The summed E-state index contributed by atoms with van der Waals surface area (Å²) in [6, 6.07) is 7.84. The van der Waals surface area contributed by atoms with Crippen molar-refractivity contribution in [2.75, 3.05) is 18.0 Å². The van der Waals surface area contributed by atoms with Gasteiger partial charge in [-0.25, -0.2) is 0 Å². The van der Waals surface area contributed by atoms with Crippen LogP contribution in [-0.4, -0.2) is 19.1 Å². The zero-order valence-electron chi connectivity index (χ0n) is 12.4. The summed E-state index contributed by atoms with van der Waals surface area (Å²) < 4.78 is 1.21. The van der Waals surface area contributed by atoms with E-state index in [1.165, 1.54) is 28.7 Å². The molecule has 1 heterocycles. The molecular formula is C16H25BrN2. The van der Waals surface area contributed by atoms with E-state index in [9.17, 15) is 0 Å². The third kappa shape index (κ3) is 3.32. The lowest BCUT2D eigenvalue weighted by Crippen LogP contribution is -2.26. The number of halogens is 1. The maximum Gasteiger partial charge on any atom is 0.0380 e. The second-order valence-electron chi connectivity index (χ2n) is 5.83. The normalized spacial score (nSPS) is 24.8. The summed E-state index contributed by atoms with van der Waals surface area (Å²) >= 11 is 3.73. The van der Waals surface area contributed by atoms with E-state index in [4.69, 9.17) is 0 Å². The lowest BCUT2D eigenvalue weighted by atomic mass is 10.1. The molecule has 0 saturated carbocycles. The molecule has 0 spiro atoms. The standard InChI is InChI=1S/C16H25BrN2/c1-5-18-13(4)15-7-6-14(9-16(15)17)19-10-11(2)8-12(19)3/h6-7,9,11-13,18H,5,8,10H2,1-4H3. The fourth-order valence-electron chi connectivity index (χ4n) is 3.12. The van der Waals surface area contributed by atoms with Gasteiger partial charge in [0.05, 0.1) is 0 Å². The predicted molar refractivity (Wildman–Crippen MR) is 86.8 cm³/mol. The highest BCUT2D eigenvalue weighted by atomic mass is 79.9. The third-order valence-electron chi connectivity index (χ3n) is 4.08. The molecule has 1 fully saturated rings. The smallest absolute Gasteiger partial charge is 0.0380 e. The predicted octanol–water partition coefficient (Wildman–Crippen LogP) is 4.35. The topological polar surface area (TPSA) is 15.3 Å². The van der Waals surface area contributed by atoms with E-state index < -0.39 is 0 Å². The Kier molecular flexibility index (Phi) is 4.91. The van der Waals surface area contributed by atoms with Crippen molar-refractivity contribution < 1.29 is 0 Å². The summed E-state index contributed by atoms with van der Waals surface area (Å²) in [5.74, 6) is 0.800. The van der Waals surface area contributed by atoms with E-state index in [0.717, 1.165) is 12.5 Å². The largest absolute Gasteiger partial charge is 0.369 e. The summed E-state index contributed by atoms with van der Waals surface area (Å²) in [6.07, 6.45) is 1.30. The molecule has 0 radical (unpaired) electrons. The van der Waals surface area contributed by atoms with Gasteiger partial charge in [0.15, 0.2) is 0 Å². The van der Waals surface area contributed by atoms with Crippen molar-refractivity contribution in [3.05, 3.63) is 28.2 Å². The number of hydrogen-bond donors (Lipinski definition) is 1. The number of rotatable bonds is 4. The van der Waals surface area contributed by atoms with Crippen molar-refractivity contribution in [1.82, 2.24) is 5.32 Å². The maximum absolute atomic E-state index is 3.73. The molecule has 3 heteroatoms. The van der Waals surface area contributed by atoms with Crippen LogP contribution in [0.15, 0.2) is 22.7 Å². The average Bonchev–Trinajstić information content (AvgIpc) is 2.68. The van der Waals surface area contributed by atoms with Crippen LogP contribution in [0.1, 0.15) is 45.7 Å². The van der Waals surface area contributed by atoms with Gasteiger partial charge in [-0.3, -0.25) is 0 Å². The number of nitrogens with zero attached hydrogens (tertiary/aromatic N) is 1. The second-order valence-corrected chi connectivity index (χ2v) is 6.68. The first-order valence-electron chi connectivity index (χ1n) is 7.32. The summed E-state index contributed by atoms with van der Waals surface area (Å²) in [7, 11) is 0. The number of benzene rings is 1. The first kappa shape index (κ1) is 14.9. The van der Waals surface area contributed by atoms with Crippen LogP contribution in [0.3, 0.4) is 0 Å². The van der Waals surface area contributed by atoms with Crippen LogP contribution < -0.4 is 10.2 Å². The zero-order valence-corrected chi connectivity index (χ0v) is 14.0. The van der Waals surface area contributed by atoms with E-state index in [1.54, 1.807) is 0 Å². The Hall–Kier alpha value is -0.540. The first-order valence-corrected chi connectivity index (χ1v) is 8.11. The van der Waals surface area contributed by atoms with E-state index in [2.05, 4.69) is 72.0 Å². The Morgan fingerprint density at radius 2 is 2.16 bits per heavy atom. The fourth-order valence-corrected chi connectivity index (χ4v) is 3.83. The molecule has 0 amide bonds. The minimum Gasteiger partial charge on any atom is -0.369 e. The Morgan fingerprint density at radius 3 is 2.68 bits per heavy atom. The molecule has 2 rings (SSSR count). The molecule has 1 aliphatic rings. The quantitative estimate of drug-likeness (QED) is 0.885. The molecule has 3 atom stereocenters. The minimum atomic E-state index is 0.392. The highest BCUT2D eigenvalue weighted by Crippen LogP contribution is 2.33. The summed E-state index contributed by atoms with van der Waals surface area (Å²) in [5.41, 5.74) is 2.68. The lowest BCUT2D eigenvalue weighted by molar-refractivity contribution is 0.596. The first-order chi connectivity index (χ1) is 9.02. The van der Waals surface area contributed by atoms with Gasteiger partial charge in [0, 0.05) is 28.8 Å². The molecule has 1 aromatic rings. The Bertz CT molecular complexity index is 433. The van der Waals surface area contributed by atoms with E-state index in [-0.39, 0.29) is 0 Å².